The fraction of sp³-hybridized carbons (Fsp3) is 0.0606. The van der Waals surface area contributed by atoms with Crippen LogP contribution in [0.5, 0.6) is 0 Å². The van der Waals surface area contributed by atoms with E-state index < -0.39 is 24.5 Å². The van der Waals surface area contributed by atoms with Crippen LogP contribution in [0.4, 0.5) is 0 Å². The van der Waals surface area contributed by atoms with E-state index >= 15 is 0 Å². The van der Waals surface area contributed by atoms with Crippen molar-refractivity contribution in [1.82, 2.24) is 4.98 Å². The molecule has 1 N–H and O–H groups in total. The summed E-state index contributed by atoms with van der Waals surface area (Å²) in [6.07, 6.45) is 0. The number of H-pyrrole nitrogens is 1. The molecule has 0 aliphatic carbocycles. The first-order valence-corrected chi connectivity index (χ1v) is 14.4. The Bertz CT molecular complexity index is 1740. The summed E-state index contributed by atoms with van der Waals surface area (Å²) in [6, 6.07) is 36.6. The largest absolute Gasteiger partial charge is 0.465 e. The number of benzene rings is 4. The van der Waals surface area contributed by atoms with Gasteiger partial charge in [-0.1, -0.05) is 109 Å². The summed E-state index contributed by atoms with van der Waals surface area (Å²) in [5.74, 6) is -1.12. The molecule has 0 bridgehead atoms. The van der Waals surface area contributed by atoms with E-state index in [4.69, 9.17) is 9.48 Å². The predicted molar refractivity (Wildman–Crippen MR) is 160 cm³/mol. The third kappa shape index (κ3) is 5.09. The molecule has 5 rings (SSSR count). The molecule has 1 heterocycles. The van der Waals surface area contributed by atoms with E-state index in [2.05, 4.69) is 4.98 Å². The summed E-state index contributed by atoms with van der Waals surface area (Å²) in [5.41, 5.74) is 2.15. The highest BCUT2D eigenvalue weighted by atomic mass is 31.2. The third-order valence-corrected chi connectivity index (χ3v) is 10.3. The van der Waals surface area contributed by atoms with Crippen LogP contribution in [-0.2, 0) is 4.74 Å². The van der Waals surface area contributed by atoms with Gasteiger partial charge in [0.2, 0.25) is 5.56 Å². The van der Waals surface area contributed by atoms with Crippen LogP contribution in [0.3, 0.4) is 0 Å². The highest BCUT2D eigenvalue weighted by molar-refractivity contribution is 7.88. The lowest BCUT2D eigenvalue weighted by atomic mass is 10.1. The first-order chi connectivity index (χ1) is 19.4. The summed E-state index contributed by atoms with van der Waals surface area (Å²) in [6.45, 7) is 1.97. The van der Waals surface area contributed by atoms with Crippen molar-refractivity contribution in [2.45, 2.75) is 6.92 Å². The fourth-order valence-electron chi connectivity index (χ4n) is 4.72. The highest BCUT2D eigenvalue weighted by Crippen LogP contribution is 2.50. The van der Waals surface area contributed by atoms with Gasteiger partial charge < -0.3 is 9.72 Å². The molecule has 0 aliphatic heterocycles. The predicted octanol–water partition coefficient (Wildman–Crippen LogP) is 5.45. The number of methoxy groups -OCH3 is 1. The summed E-state index contributed by atoms with van der Waals surface area (Å²) < 4.78 is 10.2. The number of aryl methyl sites for hydroxylation is 1. The lowest BCUT2D eigenvalue weighted by molar-refractivity contribution is 0.0602. The Hall–Kier alpha value is -4.80. The second kappa shape index (κ2) is 11.5. The number of rotatable bonds is 6. The van der Waals surface area contributed by atoms with Crippen molar-refractivity contribution in [2.24, 2.45) is 4.74 Å². The molecule has 6 nitrogen and oxygen atoms in total. The van der Waals surface area contributed by atoms with E-state index in [-0.39, 0.29) is 5.56 Å². The zero-order chi connectivity index (χ0) is 28.1. The Morgan fingerprint density at radius 3 is 1.80 bits per heavy atom. The van der Waals surface area contributed by atoms with E-state index in [9.17, 15) is 14.4 Å². The number of hydrogen-bond acceptors (Lipinski definition) is 4. The topological polar surface area (TPSA) is 88.6 Å². The molecule has 0 fully saturated rings. The van der Waals surface area contributed by atoms with Crippen molar-refractivity contribution in [3.05, 3.63) is 148 Å². The lowest BCUT2D eigenvalue weighted by Gasteiger charge is -2.29. The van der Waals surface area contributed by atoms with E-state index in [1.165, 1.54) is 13.2 Å². The van der Waals surface area contributed by atoms with Crippen LogP contribution in [0, 0.1) is 6.92 Å². The smallest absolute Gasteiger partial charge is 0.338 e. The molecule has 0 unspecified atom stereocenters. The normalized spacial score (nSPS) is 11.1. The monoisotopic (exact) mass is 546 g/mol. The van der Waals surface area contributed by atoms with Crippen molar-refractivity contribution in [3.8, 4) is 11.3 Å². The molecular weight excluding hydrogens is 519 g/mol. The average molecular weight is 547 g/mol. The zero-order valence-corrected chi connectivity index (χ0v) is 23.0. The molecule has 40 heavy (non-hydrogen) atoms. The molecule has 1 amide bonds. The Labute approximate surface area is 232 Å². The molecule has 7 heteroatoms. The van der Waals surface area contributed by atoms with E-state index in [0.717, 1.165) is 16.2 Å². The summed E-state index contributed by atoms with van der Waals surface area (Å²) in [4.78, 5) is 43.4. The van der Waals surface area contributed by atoms with Crippen molar-refractivity contribution in [1.29, 1.82) is 0 Å². The Morgan fingerprint density at radius 2 is 1.27 bits per heavy atom. The van der Waals surface area contributed by atoms with Crippen LogP contribution in [0.1, 0.15) is 26.3 Å². The van der Waals surface area contributed by atoms with Crippen LogP contribution < -0.4 is 21.5 Å². The van der Waals surface area contributed by atoms with E-state index in [0.29, 0.717) is 22.1 Å². The van der Waals surface area contributed by atoms with Crippen molar-refractivity contribution < 1.29 is 14.3 Å². The van der Waals surface area contributed by atoms with Gasteiger partial charge in [-0.05, 0) is 24.6 Å². The zero-order valence-electron chi connectivity index (χ0n) is 22.1. The maximum Gasteiger partial charge on any atom is 0.338 e. The molecule has 0 aliphatic rings. The average Bonchev–Trinajstić information content (AvgIpc) is 3.01. The van der Waals surface area contributed by atoms with Gasteiger partial charge in [-0.3, -0.25) is 9.59 Å². The van der Waals surface area contributed by atoms with Crippen LogP contribution in [0.15, 0.2) is 131 Å². The Kier molecular flexibility index (Phi) is 7.72. The molecule has 0 radical (unpaired) electrons. The van der Waals surface area contributed by atoms with Gasteiger partial charge in [-0.15, -0.1) is 0 Å². The maximum absolute atomic E-state index is 14.0. The number of hydrogen-bond donors (Lipinski definition) is 1. The highest BCUT2D eigenvalue weighted by Gasteiger charge is 2.36. The van der Waals surface area contributed by atoms with Crippen LogP contribution in [-0.4, -0.2) is 24.0 Å². The number of carbonyl (C=O) groups is 2. The lowest BCUT2D eigenvalue weighted by Crippen LogP contribution is -2.34. The standard InChI is InChI=1S/C33H27N2O4P/c1-23-18-20-24(21-19-23)30-31(28(33(38)39-2)22-29(36)34-30)40(26-14-8-4-9-15-26,27-16-10-5-11-17-27)35-32(37)25-12-6-3-7-13-25/h3-22H,1-2H3,(H,34,36). The Morgan fingerprint density at radius 1 is 0.750 bits per heavy atom. The van der Waals surface area contributed by atoms with Crippen molar-refractivity contribution in [3.63, 3.8) is 0 Å². The molecule has 0 spiro atoms. The van der Waals surface area contributed by atoms with Gasteiger partial charge in [0, 0.05) is 27.5 Å². The molecule has 0 saturated carbocycles. The van der Waals surface area contributed by atoms with Crippen LogP contribution in [0.2, 0.25) is 0 Å². The van der Waals surface area contributed by atoms with Crippen LogP contribution in [0.25, 0.3) is 11.3 Å². The molecule has 0 atom stereocenters. The van der Waals surface area contributed by atoms with Crippen molar-refractivity contribution in [2.75, 3.05) is 7.11 Å². The summed E-state index contributed by atoms with van der Waals surface area (Å²) in [5, 5.41) is 1.94. The van der Waals surface area contributed by atoms with Gasteiger partial charge in [-0.2, -0.15) is 0 Å². The molecule has 198 valence electrons. The second-order valence-electron chi connectivity index (χ2n) is 9.21. The second-order valence-corrected chi connectivity index (χ2v) is 12.2. The fourth-order valence-corrected chi connectivity index (χ4v) is 8.47. The van der Waals surface area contributed by atoms with Gasteiger partial charge in [0.15, 0.2) is 0 Å². The van der Waals surface area contributed by atoms with Gasteiger partial charge in [0.1, 0.15) is 0 Å². The SMILES string of the molecule is COC(=O)c1cc(=O)[nH]c(-c2ccc(C)cc2)c1P(=NC(=O)c1ccccc1)(c1ccccc1)c1ccccc1. The summed E-state index contributed by atoms with van der Waals surface area (Å²) in [7, 11) is -2.04. The van der Waals surface area contributed by atoms with Gasteiger partial charge in [0.05, 0.1) is 25.4 Å². The minimum Gasteiger partial charge on any atom is -0.465 e. The molecule has 0 saturated heterocycles. The van der Waals surface area contributed by atoms with E-state index in [1.54, 1.807) is 24.3 Å². The minimum atomic E-state index is -3.31. The van der Waals surface area contributed by atoms with E-state index in [1.807, 2.05) is 97.9 Å². The number of nitrogens with zero attached hydrogens (tertiary/aromatic N) is 1. The molecular formula is C33H27N2O4P. The summed E-state index contributed by atoms with van der Waals surface area (Å²) >= 11 is 0. The molecule has 4 aromatic carbocycles. The van der Waals surface area contributed by atoms with Gasteiger partial charge in [-0.25, -0.2) is 9.54 Å². The maximum atomic E-state index is 14.0. The molecule has 1 aromatic heterocycles. The number of nitrogens with one attached hydrogen (secondary N) is 1. The van der Waals surface area contributed by atoms with Gasteiger partial charge in [0.25, 0.3) is 5.91 Å². The molecule has 5 aromatic rings. The number of aromatic nitrogens is 1. The first kappa shape index (κ1) is 26.8. The number of aromatic amines is 1. The number of carbonyl (C=O) groups excluding carboxylic acids is 2. The number of pyridine rings is 1. The quantitative estimate of drug-likeness (QED) is 0.227. The third-order valence-electron chi connectivity index (χ3n) is 6.61. The van der Waals surface area contributed by atoms with Gasteiger partial charge >= 0.3 is 5.97 Å². The van der Waals surface area contributed by atoms with Crippen LogP contribution >= 0.6 is 7.05 Å². The number of amides is 1. The number of ether oxygens (including phenoxy) is 1. The van der Waals surface area contributed by atoms with Crippen molar-refractivity contribution >= 4 is 34.8 Å². The Balaban J connectivity index is 2.04. The minimum absolute atomic E-state index is 0.0625. The first-order valence-electron chi connectivity index (χ1n) is 12.7. The number of esters is 1.